The molecule has 9 nitrogen and oxygen atoms in total. The average Bonchev–Trinajstić information content (AvgIpc) is 3.74. The summed E-state index contributed by atoms with van der Waals surface area (Å²) in [5.74, 6) is -0.359. The Hall–Kier alpha value is -3.57. The summed E-state index contributed by atoms with van der Waals surface area (Å²) in [6.45, 7) is 3.97. The van der Waals surface area contributed by atoms with E-state index in [0.29, 0.717) is 65.0 Å². The lowest BCUT2D eigenvalue weighted by Crippen LogP contribution is -2.43. The molecule has 0 aliphatic carbocycles. The molecule has 3 fully saturated rings. The van der Waals surface area contributed by atoms with Crippen LogP contribution >= 0.6 is 0 Å². The number of aromatic nitrogens is 2. The number of aliphatic hydroxyl groups excluding tert-OH is 1. The van der Waals surface area contributed by atoms with E-state index >= 15 is 0 Å². The number of anilines is 2. The van der Waals surface area contributed by atoms with Crippen molar-refractivity contribution in [3.05, 3.63) is 46.9 Å². The van der Waals surface area contributed by atoms with Crippen LogP contribution < -0.4 is 14.5 Å². The number of halogens is 2. The molecule has 1 aromatic heterocycles. The van der Waals surface area contributed by atoms with Gasteiger partial charge in [0.15, 0.2) is 0 Å². The molecule has 2 aromatic carbocycles. The van der Waals surface area contributed by atoms with Crippen molar-refractivity contribution in [3.8, 4) is 11.8 Å². The summed E-state index contributed by atoms with van der Waals surface area (Å²) in [4.78, 5) is 29.2. The Morgan fingerprint density at radius 2 is 2.05 bits per heavy atom. The number of rotatable bonds is 7. The molecule has 4 aliphatic rings. The minimum Gasteiger partial charge on any atom is -0.508 e. The number of phenols is 1. The van der Waals surface area contributed by atoms with Crippen molar-refractivity contribution in [2.45, 2.75) is 69.7 Å². The number of aryl methyl sites for hydroxylation is 1. The fraction of sp³-hybridized carbons (Fsp3) is 0.516. The SMILES string of the molecule is CCc1c(F)ccc2cc(O)cc(N3Cc4nc(OC[C@@]56CCCN5C[C@H](F)C6)nc(N5CCC[C@H]5CO)c4C3=O)c12. The van der Waals surface area contributed by atoms with E-state index in [4.69, 9.17) is 9.72 Å². The number of hydrogen-bond donors (Lipinski definition) is 2. The topological polar surface area (TPSA) is 102 Å². The average molecular weight is 580 g/mol. The van der Waals surface area contributed by atoms with Crippen molar-refractivity contribution in [3.63, 3.8) is 0 Å². The third-order valence-electron chi connectivity index (χ3n) is 9.58. The number of ether oxygens (including phenoxy) is 1. The number of alkyl halides is 1. The summed E-state index contributed by atoms with van der Waals surface area (Å²) in [6.07, 6.45) is 3.36. The molecular formula is C31H35F2N5O4. The van der Waals surface area contributed by atoms with Crippen molar-refractivity contribution in [1.82, 2.24) is 14.9 Å². The summed E-state index contributed by atoms with van der Waals surface area (Å²) in [6, 6.07) is 5.95. The normalized spacial score (nSPS) is 25.6. The maximum atomic E-state index is 14.9. The summed E-state index contributed by atoms with van der Waals surface area (Å²) < 4.78 is 35.5. The predicted molar refractivity (Wildman–Crippen MR) is 153 cm³/mol. The minimum atomic E-state index is -0.888. The molecule has 11 heteroatoms. The highest BCUT2D eigenvalue weighted by Gasteiger charge is 2.49. The van der Waals surface area contributed by atoms with Crippen molar-refractivity contribution < 1.29 is 28.5 Å². The molecular weight excluding hydrogens is 544 g/mol. The van der Waals surface area contributed by atoms with E-state index in [1.54, 1.807) is 12.1 Å². The van der Waals surface area contributed by atoms with Gasteiger partial charge in [-0.15, -0.1) is 0 Å². The lowest BCUT2D eigenvalue weighted by molar-refractivity contribution is 0.0995. The first kappa shape index (κ1) is 27.3. The van der Waals surface area contributed by atoms with Crippen LogP contribution in [0.3, 0.4) is 0 Å². The highest BCUT2D eigenvalue weighted by atomic mass is 19.1. The van der Waals surface area contributed by atoms with Gasteiger partial charge in [0, 0.05) is 31.0 Å². The number of phenolic OH excluding ortho intramolecular Hbond substituents is 1. The van der Waals surface area contributed by atoms with Gasteiger partial charge in [-0.2, -0.15) is 9.97 Å². The van der Waals surface area contributed by atoms with Gasteiger partial charge >= 0.3 is 6.01 Å². The van der Waals surface area contributed by atoms with E-state index in [-0.39, 0.29) is 54.8 Å². The van der Waals surface area contributed by atoms with Crippen molar-refractivity contribution >= 4 is 28.2 Å². The maximum Gasteiger partial charge on any atom is 0.318 e. The quantitative estimate of drug-likeness (QED) is 0.431. The van der Waals surface area contributed by atoms with E-state index in [2.05, 4.69) is 9.88 Å². The second-order valence-electron chi connectivity index (χ2n) is 12.0. The van der Waals surface area contributed by atoms with Crippen LogP contribution in [-0.4, -0.2) is 81.6 Å². The second kappa shape index (κ2) is 10.3. The Labute approximate surface area is 242 Å². The van der Waals surface area contributed by atoms with E-state index in [1.807, 2.05) is 11.8 Å². The van der Waals surface area contributed by atoms with Gasteiger partial charge in [0.05, 0.1) is 36.1 Å². The molecule has 3 aromatic rings. The molecule has 5 heterocycles. The first-order valence-corrected chi connectivity index (χ1v) is 14.9. The maximum absolute atomic E-state index is 14.9. The first-order chi connectivity index (χ1) is 20.3. The van der Waals surface area contributed by atoms with Crippen molar-refractivity contribution in [1.29, 1.82) is 0 Å². The van der Waals surface area contributed by atoms with Crippen molar-refractivity contribution in [2.24, 2.45) is 0 Å². The molecule has 3 saturated heterocycles. The van der Waals surface area contributed by atoms with Crippen LogP contribution in [0.5, 0.6) is 11.8 Å². The fourth-order valence-corrected chi connectivity index (χ4v) is 7.62. The Morgan fingerprint density at radius 1 is 1.19 bits per heavy atom. The summed E-state index contributed by atoms with van der Waals surface area (Å²) in [5.41, 5.74) is 1.26. The Balaban J connectivity index is 1.30. The smallest absolute Gasteiger partial charge is 0.318 e. The molecule has 2 N–H and O–H groups in total. The molecule has 0 radical (unpaired) electrons. The van der Waals surface area contributed by atoms with Crippen LogP contribution in [0.25, 0.3) is 10.8 Å². The molecule has 4 aliphatic heterocycles. The Morgan fingerprint density at radius 3 is 2.86 bits per heavy atom. The lowest BCUT2D eigenvalue weighted by atomic mass is 9.95. The van der Waals surface area contributed by atoms with E-state index < -0.39 is 6.17 Å². The summed E-state index contributed by atoms with van der Waals surface area (Å²) >= 11 is 0. The number of carbonyl (C=O) groups is 1. The zero-order chi connectivity index (χ0) is 29.2. The summed E-state index contributed by atoms with van der Waals surface area (Å²) in [5, 5.41) is 21.9. The number of nitrogens with zero attached hydrogens (tertiary/aromatic N) is 5. The van der Waals surface area contributed by atoms with Crippen LogP contribution in [0.1, 0.15) is 60.6 Å². The van der Waals surface area contributed by atoms with Gasteiger partial charge in [-0.05, 0) is 61.7 Å². The molecule has 42 heavy (non-hydrogen) atoms. The second-order valence-corrected chi connectivity index (χ2v) is 12.0. The largest absolute Gasteiger partial charge is 0.508 e. The molecule has 1 amide bonds. The van der Waals surface area contributed by atoms with Crippen LogP contribution in [0.15, 0.2) is 24.3 Å². The van der Waals surface area contributed by atoms with Gasteiger partial charge < -0.3 is 24.7 Å². The van der Waals surface area contributed by atoms with Gasteiger partial charge in [-0.1, -0.05) is 13.0 Å². The number of aromatic hydroxyl groups is 1. The third kappa shape index (κ3) is 4.27. The zero-order valence-electron chi connectivity index (χ0n) is 23.7. The molecule has 7 rings (SSSR count). The number of amides is 1. The predicted octanol–water partition coefficient (Wildman–Crippen LogP) is 4.11. The highest BCUT2D eigenvalue weighted by molar-refractivity contribution is 6.16. The van der Waals surface area contributed by atoms with Crippen LogP contribution in [0.4, 0.5) is 20.3 Å². The molecule has 0 bridgehead atoms. The lowest BCUT2D eigenvalue weighted by Gasteiger charge is -2.31. The highest BCUT2D eigenvalue weighted by Crippen LogP contribution is 2.43. The number of benzene rings is 2. The molecule has 0 unspecified atom stereocenters. The van der Waals surface area contributed by atoms with Crippen molar-refractivity contribution in [2.75, 3.05) is 42.6 Å². The number of hydrogen-bond acceptors (Lipinski definition) is 8. The minimum absolute atomic E-state index is 0.0340. The standard InChI is InChI=1S/C31H35F2N5O4/c1-2-22-23(33)7-6-18-11-21(40)12-25(26(18)22)38-15-24-27(29(38)41)28(37-10-3-5-20(37)16-39)35-30(34-24)42-17-31-8-4-9-36(31)14-19(32)13-31/h6-7,11-12,19-20,39-40H,2-5,8-10,13-17H2,1H3/t19-,20+,31+/m1/s1. The third-order valence-corrected chi connectivity index (χ3v) is 9.58. The van der Waals surface area contributed by atoms with Gasteiger partial charge in [0.25, 0.3) is 5.91 Å². The molecule has 0 spiro atoms. The number of aliphatic hydroxyl groups is 1. The van der Waals surface area contributed by atoms with E-state index in [9.17, 15) is 23.8 Å². The van der Waals surface area contributed by atoms with Crippen LogP contribution in [0, 0.1) is 5.82 Å². The first-order valence-electron chi connectivity index (χ1n) is 14.9. The van der Waals surface area contributed by atoms with Crippen LogP contribution in [0.2, 0.25) is 0 Å². The van der Waals surface area contributed by atoms with Gasteiger partial charge in [0.2, 0.25) is 0 Å². The fourth-order valence-electron chi connectivity index (χ4n) is 7.62. The summed E-state index contributed by atoms with van der Waals surface area (Å²) in [7, 11) is 0. The Kier molecular flexibility index (Phi) is 6.69. The van der Waals surface area contributed by atoms with Crippen LogP contribution in [-0.2, 0) is 13.0 Å². The van der Waals surface area contributed by atoms with Gasteiger partial charge in [-0.25, -0.2) is 8.78 Å². The molecule has 222 valence electrons. The van der Waals surface area contributed by atoms with E-state index in [0.717, 1.165) is 32.2 Å². The zero-order valence-corrected chi connectivity index (χ0v) is 23.7. The van der Waals surface area contributed by atoms with Gasteiger partial charge in [0.1, 0.15) is 35.7 Å². The Bertz CT molecular complexity index is 1570. The molecule has 3 atom stereocenters. The molecule has 0 saturated carbocycles. The number of fused-ring (bicyclic) bond motifs is 3. The van der Waals surface area contributed by atoms with E-state index in [1.165, 1.54) is 17.0 Å². The number of carbonyl (C=O) groups excluding carboxylic acids is 1. The van der Waals surface area contributed by atoms with Gasteiger partial charge in [-0.3, -0.25) is 9.69 Å². The monoisotopic (exact) mass is 579 g/mol.